The van der Waals surface area contributed by atoms with Crippen LogP contribution in [0, 0.1) is 18.1 Å². The number of fused-ring (bicyclic) bond motifs is 3. The quantitative estimate of drug-likeness (QED) is 0.0909. The normalized spacial score (nSPS) is 15.9. The molecule has 51 heavy (non-hydrogen) atoms. The molecule has 0 saturated carbocycles. The molecule has 3 heterocycles. The summed E-state index contributed by atoms with van der Waals surface area (Å²) in [4.78, 5) is 4.71. The number of ether oxygens (including phenoxy) is 2. The van der Waals surface area contributed by atoms with Gasteiger partial charge in [0, 0.05) is 46.5 Å². The summed E-state index contributed by atoms with van der Waals surface area (Å²) < 4.78 is 16.6. The second-order valence-corrected chi connectivity index (χ2v) is 13.8. The Morgan fingerprint density at radius 1 is 0.882 bits per heavy atom. The standard InChI is InChI=1S/C44H48N4O2.Pt/c1-7-13-31-24-32(48-40(15-9-3)44(38(46-48)14-8-2)43-29(4)16-12-17-30(43)5)26-35(25-31)50-34-20-21-37-36-18-10-11-19-39(36)47(41(37)27-34)42-28-33(49-6)22-23-45-42;/h10-11,16,18-25,28,30,43H,7-9,12-15,17H2,1-6H3;/q-2;+2/t30-,43?;/m0./s1. The van der Waals surface area contributed by atoms with Crippen LogP contribution in [0.15, 0.2) is 78.5 Å². The molecule has 0 bridgehead atoms. The Kier molecular flexibility index (Phi) is 11.5. The van der Waals surface area contributed by atoms with Gasteiger partial charge >= 0.3 is 21.1 Å². The van der Waals surface area contributed by atoms with Gasteiger partial charge in [-0.15, -0.1) is 35.7 Å². The van der Waals surface area contributed by atoms with Gasteiger partial charge in [-0.05, 0) is 61.7 Å². The van der Waals surface area contributed by atoms with Gasteiger partial charge in [0.1, 0.15) is 11.6 Å². The largest absolute Gasteiger partial charge is 2.00 e. The molecule has 266 valence electrons. The summed E-state index contributed by atoms with van der Waals surface area (Å²) in [6.07, 6.45) is 12.6. The number of methoxy groups -OCH3 is 1. The summed E-state index contributed by atoms with van der Waals surface area (Å²) in [5, 5.41) is 7.60. The van der Waals surface area contributed by atoms with Crippen LogP contribution in [-0.4, -0.2) is 26.4 Å². The molecular weight excluding hydrogens is 812 g/mol. The van der Waals surface area contributed by atoms with Crippen LogP contribution in [0.2, 0.25) is 0 Å². The van der Waals surface area contributed by atoms with Gasteiger partial charge in [0.05, 0.1) is 12.8 Å². The number of pyridine rings is 1. The van der Waals surface area contributed by atoms with E-state index < -0.39 is 0 Å². The molecule has 6 aromatic rings. The van der Waals surface area contributed by atoms with Crippen LogP contribution < -0.4 is 9.47 Å². The van der Waals surface area contributed by atoms with Gasteiger partial charge in [0.25, 0.3) is 0 Å². The number of benzene rings is 3. The molecule has 0 N–H and O–H groups in total. The third kappa shape index (κ3) is 7.17. The number of para-hydroxylation sites is 1. The van der Waals surface area contributed by atoms with Gasteiger partial charge in [0.15, 0.2) is 0 Å². The van der Waals surface area contributed by atoms with Gasteiger partial charge in [-0.1, -0.05) is 88.7 Å². The molecule has 7 heteroatoms. The first-order valence-corrected chi connectivity index (χ1v) is 18.4. The predicted molar refractivity (Wildman–Crippen MR) is 203 cm³/mol. The predicted octanol–water partition coefficient (Wildman–Crippen LogP) is 11.1. The number of rotatable bonds is 12. The molecule has 0 amide bonds. The summed E-state index contributed by atoms with van der Waals surface area (Å²) in [6.45, 7) is 11.5. The maximum atomic E-state index is 6.68. The minimum atomic E-state index is 0. The van der Waals surface area contributed by atoms with E-state index in [1.165, 1.54) is 34.5 Å². The van der Waals surface area contributed by atoms with E-state index in [1.54, 1.807) is 13.3 Å². The molecule has 7 rings (SSSR count). The van der Waals surface area contributed by atoms with E-state index in [4.69, 9.17) is 19.6 Å². The number of aryl methyl sites for hydroxylation is 2. The zero-order valence-corrected chi connectivity index (χ0v) is 32.9. The van der Waals surface area contributed by atoms with Crippen LogP contribution in [0.5, 0.6) is 17.2 Å². The third-order valence-corrected chi connectivity index (χ3v) is 10.1. The molecule has 3 aromatic heterocycles. The van der Waals surface area contributed by atoms with E-state index in [2.05, 4.69) is 105 Å². The topological polar surface area (TPSA) is 54.1 Å². The summed E-state index contributed by atoms with van der Waals surface area (Å²) in [6, 6.07) is 28.0. The smallest absolute Gasteiger partial charge is 0.509 e. The Morgan fingerprint density at radius 2 is 1.69 bits per heavy atom. The van der Waals surface area contributed by atoms with Gasteiger partial charge in [-0.25, -0.2) is 4.98 Å². The van der Waals surface area contributed by atoms with Crippen molar-refractivity contribution >= 4 is 21.8 Å². The number of nitrogens with zero attached hydrogens (tertiary/aromatic N) is 4. The fraction of sp³-hybridized carbons (Fsp3) is 0.364. The van der Waals surface area contributed by atoms with Crippen molar-refractivity contribution < 1.29 is 30.5 Å². The van der Waals surface area contributed by atoms with Gasteiger partial charge in [0.2, 0.25) is 0 Å². The van der Waals surface area contributed by atoms with E-state index in [9.17, 15) is 0 Å². The molecule has 2 atom stereocenters. The van der Waals surface area contributed by atoms with E-state index in [0.29, 0.717) is 23.3 Å². The first-order valence-electron chi connectivity index (χ1n) is 18.4. The first-order chi connectivity index (χ1) is 24.4. The fourth-order valence-electron chi connectivity index (χ4n) is 7.93. The van der Waals surface area contributed by atoms with Crippen molar-refractivity contribution in [2.24, 2.45) is 5.92 Å². The Hall–Kier alpha value is -4.15. The average molecular weight is 860 g/mol. The van der Waals surface area contributed by atoms with Gasteiger partial charge in [-0.3, -0.25) is 4.68 Å². The molecule has 0 aliphatic heterocycles. The van der Waals surface area contributed by atoms with Crippen molar-refractivity contribution in [1.29, 1.82) is 0 Å². The number of hydrogen-bond acceptors (Lipinski definition) is 4. The Balaban J connectivity index is 0.00000448. The van der Waals surface area contributed by atoms with Crippen molar-refractivity contribution in [2.45, 2.75) is 91.9 Å². The summed E-state index contributed by atoms with van der Waals surface area (Å²) in [5.74, 6) is 3.80. The molecule has 1 aliphatic carbocycles. The average Bonchev–Trinajstić information content (AvgIpc) is 3.63. The second kappa shape index (κ2) is 16.0. The molecular formula is C44H48N4O2Pt. The van der Waals surface area contributed by atoms with Crippen LogP contribution in [0.4, 0.5) is 0 Å². The van der Waals surface area contributed by atoms with Crippen LogP contribution >= 0.6 is 0 Å². The Morgan fingerprint density at radius 3 is 2.45 bits per heavy atom. The van der Waals surface area contributed by atoms with Crippen molar-refractivity contribution in [3.8, 4) is 28.8 Å². The number of aromatic nitrogens is 4. The van der Waals surface area contributed by atoms with Crippen molar-refractivity contribution in [3.63, 3.8) is 0 Å². The SMILES string of the molecule is CCCc1cc(Oc2[c-]c3c(cc2)c2ccccc2n3-c2cc(OC)ccn2)[c-]c(-n2nc(CCC)c(C3C(C)=CCC[C@@H]3C)c2CCC)c1.[Pt+2]. The summed E-state index contributed by atoms with van der Waals surface area (Å²) in [7, 11) is 1.68. The maximum Gasteiger partial charge on any atom is 2.00 e. The molecule has 6 nitrogen and oxygen atoms in total. The Labute approximate surface area is 317 Å². The molecule has 0 fully saturated rings. The van der Waals surface area contributed by atoms with Crippen molar-refractivity contribution in [2.75, 3.05) is 7.11 Å². The van der Waals surface area contributed by atoms with Crippen molar-refractivity contribution in [1.82, 2.24) is 19.3 Å². The monoisotopic (exact) mass is 859 g/mol. The fourth-order valence-corrected chi connectivity index (χ4v) is 7.93. The van der Waals surface area contributed by atoms with E-state index >= 15 is 0 Å². The minimum Gasteiger partial charge on any atom is -0.509 e. The number of allylic oxidation sites excluding steroid dienone is 2. The Bertz CT molecular complexity index is 2180. The molecule has 0 radical (unpaired) electrons. The zero-order valence-electron chi connectivity index (χ0n) is 30.7. The molecule has 1 unspecified atom stereocenters. The van der Waals surface area contributed by atoms with Gasteiger partial charge < -0.3 is 14.0 Å². The number of hydrogen-bond donors (Lipinski definition) is 0. The first kappa shape index (κ1) is 36.6. The van der Waals surface area contributed by atoms with Crippen LogP contribution in [0.1, 0.15) is 95.2 Å². The molecule has 0 spiro atoms. The summed E-state index contributed by atoms with van der Waals surface area (Å²) >= 11 is 0. The van der Waals surface area contributed by atoms with E-state index in [0.717, 1.165) is 84.0 Å². The summed E-state index contributed by atoms with van der Waals surface area (Å²) in [5.41, 5.74) is 9.59. The van der Waals surface area contributed by atoms with Crippen molar-refractivity contribution in [3.05, 3.63) is 113 Å². The second-order valence-electron chi connectivity index (χ2n) is 13.8. The van der Waals surface area contributed by atoms with Gasteiger partial charge in [-0.2, -0.15) is 16.7 Å². The van der Waals surface area contributed by atoms with E-state index in [1.807, 2.05) is 18.2 Å². The minimum absolute atomic E-state index is 0. The van der Waals surface area contributed by atoms with Crippen LogP contribution in [-0.2, 0) is 40.3 Å². The molecule has 0 saturated heterocycles. The zero-order chi connectivity index (χ0) is 34.8. The molecule has 3 aromatic carbocycles. The third-order valence-electron chi connectivity index (χ3n) is 10.1. The maximum absolute atomic E-state index is 6.68. The van der Waals surface area contributed by atoms with E-state index in [-0.39, 0.29) is 21.1 Å². The van der Waals surface area contributed by atoms with Crippen LogP contribution in [0.25, 0.3) is 33.3 Å². The van der Waals surface area contributed by atoms with Crippen LogP contribution in [0.3, 0.4) is 0 Å². The molecule has 1 aliphatic rings.